The lowest BCUT2D eigenvalue weighted by Crippen LogP contribution is -2.34. The summed E-state index contributed by atoms with van der Waals surface area (Å²) in [5.74, 6) is -0.451. The Morgan fingerprint density at radius 3 is 2.67 bits per heavy atom. The minimum atomic E-state index is -0.514. The van der Waals surface area contributed by atoms with Crippen LogP contribution in [0.5, 0.6) is 11.5 Å². The Labute approximate surface area is 171 Å². The normalized spacial score (nSPS) is 17.2. The van der Waals surface area contributed by atoms with Crippen LogP contribution in [0.25, 0.3) is 0 Å². The Kier molecular flexibility index (Phi) is 5.51. The predicted octanol–water partition coefficient (Wildman–Crippen LogP) is 2.05. The van der Waals surface area contributed by atoms with Crippen LogP contribution in [0.2, 0.25) is 0 Å². The van der Waals surface area contributed by atoms with Crippen LogP contribution in [0.4, 0.5) is 15.8 Å². The van der Waals surface area contributed by atoms with Gasteiger partial charge < -0.3 is 25.0 Å². The average molecular weight is 413 g/mol. The number of carbonyl (C=O) groups excluding carboxylic acids is 3. The number of carbonyl (C=O) groups is 3. The standard InChI is InChI=1S/C21H20FN3O5/c22-14-1-4-16(5-2-14)25-11-13(9-20(25)27)21(28)23-8-7-19(26)24-15-3-6-17-18(10-15)30-12-29-17/h1-6,10,13H,7-9,11-12H2,(H,23,28)(H,24,26)/t13-/m0/s1. The largest absolute Gasteiger partial charge is 0.454 e. The zero-order valence-electron chi connectivity index (χ0n) is 16.0. The molecule has 8 nitrogen and oxygen atoms in total. The van der Waals surface area contributed by atoms with Crippen molar-refractivity contribution in [3.05, 3.63) is 48.3 Å². The van der Waals surface area contributed by atoms with Crippen LogP contribution in [0.3, 0.4) is 0 Å². The van der Waals surface area contributed by atoms with Gasteiger partial charge >= 0.3 is 0 Å². The lowest BCUT2D eigenvalue weighted by molar-refractivity contribution is -0.126. The lowest BCUT2D eigenvalue weighted by atomic mass is 10.1. The van der Waals surface area contributed by atoms with Crippen LogP contribution in [0, 0.1) is 11.7 Å². The summed E-state index contributed by atoms with van der Waals surface area (Å²) in [6, 6.07) is 10.7. The van der Waals surface area contributed by atoms with Crippen molar-refractivity contribution in [2.45, 2.75) is 12.8 Å². The highest BCUT2D eigenvalue weighted by Gasteiger charge is 2.35. The van der Waals surface area contributed by atoms with Crippen LogP contribution < -0.4 is 25.0 Å². The van der Waals surface area contributed by atoms with Gasteiger partial charge in [0.05, 0.1) is 5.92 Å². The second-order valence-electron chi connectivity index (χ2n) is 7.04. The van der Waals surface area contributed by atoms with Crippen molar-refractivity contribution in [2.24, 2.45) is 5.92 Å². The molecule has 0 bridgehead atoms. The number of halogens is 1. The molecule has 30 heavy (non-hydrogen) atoms. The van der Waals surface area contributed by atoms with Gasteiger partial charge in [0.1, 0.15) is 5.82 Å². The predicted molar refractivity (Wildman–Crippen MR) is 106 cm³/mol. The molecule has 3 amide bonds. The van der Waals surface area contributed by atoms with Crippen LogP contribution in [0.1, 0.15) is 12.8 Å². The van der Waals surface area contributed by atoms with Crippen LogP contribution in [-0.2, 0) is 14.4 Å². The highest BCUT2D eigenvalue weighted by atomic mass is 19.1. The topological polar surface area (TPSA) is 97.0 Å². The summed E-state index contributed by atoms with van der Waals surface area (Å²) in [5.41, 5.74) is 1.13. The Morgan fingerprint density at radius 1 is 1.10 bits per heavy atom. The highest BCUT2D eigenvalue weighted by Crippen LogP contribution is 2.34. The Bertz CT molecular complexity index is 979. The van der Waals surface area contributed by atoms with Gasteiger partial charge in [-0.05, 0) is 36.4 Å². The van der Waals surface area contributed by atoms with Crippen molar-refractivity contribution in [1.29, 1.82) is 0 Å². The summed E-state index contributed by atoms with van der Waals surface area (Å²) >= 11 is 0. The second kappa shape index (κ2) is 8.40. The van der Waals surface area contributed by atoms with E-state index in [2.05, 4.69) is 10.6 Å². The molecule has 9 heteroatoms. The zero-order chi connectivity index (χ0) is 21.1. The van der Waals surface area contributed by atoms with Gasteiger partial charge in [-0.25, -0.2) is 4.39 Å². The van der Waals surface area contributed by atoms with E-state index in [0.29, 0.717) is 22.9 Å². The van der Waals surface area contributed by atoms with E-state index in [1.165, 1.54) is 29.2 Å². The summed E-state index contributed by atoms with van der Waals surface area (Å²) in [6.07, 6.45) is 0.162. The quantitative estimate of drug-likeness (QED) is 0.756. The number of benzene rings is 2. The first kappa shape index (κ1) is 19.7. The van der Waals surface area contributed by atoms with Crippen LogP contribution in [0.15, 0.2) is 42.5 Å². The van der Waals surface area contributed by atoms with Crippen molar-refractivity contribution in [1.82, 2.24) is 5.32 Å². The van der Waals surface area contributed by atoms with Gasteiger partial charge in [-0.1, -0.05) is 0 Å². The number of hydrogen-bond donors (Lipinski definition) is 2. The Balaban J connectivity index is 1.23. The Hall–Kier alpha value is -3.62. The molecule has 0 unspecified atom stereocenters. The summed E-state index contributed by atoms with van der Waals surface area (Å²) in [7, 11) is 0. The van der Waals surface area contributed by atoms with Crippen molar-refractivity contribution in [2.75, 3.05) is 30.1 Å². The Morgan fingerprint density at radius 2 is 1.87 bits per heavy atom. The summed E-state index contributed by atoms with van der Waals surface area (Å²) < 4.78 is 23.5. The van der Waals surface area contributed by atoms with E-state index < -0.39 is 11.7 Å². The number of ether oxygens (including phenoxy) is 2. The molecule has 0 saturated carbocycles. The third-order valence-corrected chi connectivity index (χ3v) is 4.94. The van der Waals surface area contributed by atoms with Crippen molar-refractivity contribution < 1.29 is 28.2 Å². The van der Waals surface area contributed by atoms with Gasteiger partial charge in [0.25, 0.3) is 0 Å². The van der Waals surface area contributed by atoms with E-state index in [4.69, 9.17) is 9.47 Å². The second-order valence-corrected chi connectivity index (χ2v) is 7.04. The van der Waals surface area contributed by atoms with E-state index >= 15 is 0 Å². The van der Waals surface area contributed by atoms with Gasteiger partial charge in [-0.15, -0.1) is 0 Å². The maximum atomic E-state index is 13.1. The minimum Gasteiger partial charge on any atom is -0.454 e. The van der Waals surface area contributed by atoms with Gasteiger partial charge in [0.15, 0.2) is 11.5 Å². The molecule has 4 rings (SSSR count). The molecule has 1 fully saturated rings. The number of fused-ring (bicyclic) bond motifs is 1. The van der Waals surface area contributed by atoms with Crippen molar-refractivity contribution in [3.63, 3.8) is 0 Å². The van der Waals surface area contributed by atoms with E-state index in [1.807, 2.05) is 0 Å². The molecule has 0 radical (unpaired) electrons. The molecule has 2 N–H and O–H groups in total. The molecule has 0 aromatic heterocycles. The number of hydrogen-bond acceptors (Lipinski definition) is 5. The third-order valence-electron chi connectivity index (χ3n) is 4.94. The molecule has 2 heterocycles. The number of amides is 3. The summed E-state index contributed by atoms with van der Waals surface area (Å²) in [5, 5.41) is 5.44. The molecule has 1 atom stereocenters. The molecular formula is C21H20FN3O5. The highest BCUT2D eigenvalue weighted by molar-refractivity contribution is 6.00. The van der Waals surface area contributed by atoms with E-state index in [0.717, 1.165) is 0 Å². The smallest absolute Gasteiger partial charge is 0.231 e. The number of rotatable bonds is 6. The monoisotopic (exact) mass is 413 g/mol. The molecule has 2 aromatic carbocycles. The van der Waals surface area contributed by atoms with E-state index in [1.54, 1.807) is 18.2 Å². The molecule has 2 aliphatic rings. The van der Waals surface area contributed by atoms with Crippen molar-refractivity contribution >= 4 is 29.1 Å². The van der Waals surface area contributed by atoms with E-state index in [9.17, 15) is 18.8 Å². The first-order chi connectivity index (χ1) is 14.5. The molecule has 0 spiro atoms. The first-order valence-electron chi connectivity index (χ1n) is 9.53. The molecule has 156 valence electrons. The molecule has 2 aliphatic heterocycles. The molecule has 2 aromatic rings. The number of nitrogens with one attached hydrogen (secondary N) is 2. The van der Waals surface area contributed by atoms with E-state index in [-0.39, 0.29) is 50.4 Å². The molecule has 0 aliphatic carbocycles. The fourth-order valence-corrected chi connectivity index (χ4v) is 3.40. The van der Waals surface area contributed by atoms with Crippen LogP contribution in [-0.4, -0.2) is 37.6 Å². The van der Waals surface area contributed by atoms with Gasteiger partial charge in [0.2, 0.25) is 24.5 Å². The SMILES string of the molecule is O=C(CCNC(=O)[C@H]1CC(=O)N(c2ccc(F)cc2)C1)Nc1ccc2c(c1)OCO2. The number of nitrogens with zero attached hydrogens (tertiary/aromatic N) is 1. The summed E-state index contributed by atoms with van der Waals surface area (Å²) in [4.78, 5) is 38.2. The fourth-order valence-electron chi connectivity index (χ4n) is 3.40. The summed E-state index contributed by atoms with van der Waals surface area (Å²) in [6.45, 7) is 0.525. The van der Waals surface area contributed by atoms with Gasteiger partial charge in [-0.2, -0.15) is 0 Å². The lowest BCUT2D eigenvalue weighted by Gasteiger charge is -2.16. The third kappa shape index (κ3) is 4.35. The molecule has 1 saturated heterocycles. The zero-order valence-corrected chi connectivity index (χ0v) is 16.0. The maximum Gasteiger partial charge on any atom is 0.231 e. The maximum absolute atomic E-state index is 13.1. The fraction of sp³-hybridized carbons (Fsp3) is 0.286. The first-order valence-corrected chi connectivity index (χ1v) is 9.53. The van der Waals surface area contributed by atoms with Gasteiger partial charge in [0, 0.05) is 43.4 Å². The van der Waals surface area contributed by atoms with Crippen molar-refractivity contribution in [3.8, 4) is 11.5 Å². The van der Waals surface area contributed by atoms with Crippen LogP contribution >= 0.6 is 0 Å². The molecular weight excluding hydrogens is 393 g/mol. The minimum absolute atomic E-state index is 0.0760. The number of anilines is 2. The van der Waals surface area contributed by atoms with Gasteiger partial charge in [-0.3, -0.25) is 14.4 Å². The average Bonchev–Trinajstić information content (AvgIpc) is 3.34.